The average Bonchev–Trinajstić information content (AvgIpc) is 3.21. The zero-order valence-corrected chi connectivity index (χ0v) is 17.4. The number of benzene rings is 1. The quantitative estimate of drug-likeness (QED) is 0.827. The molecule has 2 fully saturated rings. The number of piperidine rings is 1. The van der Waals surface area contributed by atoms with E-state index in [9.17, 15) is 9.59 Å². The van der Waals surface area contributed by atoms with Crippen molar-refractivity contribution in [2.24, 2.45) is 11.8 Å². The van der Waals surface area contributed by atoms with E-state index in [1.54, 1.807) is 12.4 Å². The summed E-state index contributed by atoms with van der Waals surface area (Å²) in [5.74, 6) is 0.383. The van der Waals surface area contributed by atoms with Crippen molar-refractivity contribution < 1.29 is 14.3 Å². The number of hydrogen-bond acceptors (Lipinski definition) is 4. The zero-order chi connectivity index (χ0) is 20.9. The second-order valence-electron chi connectivity index (χ2n) is 8.35. The molecular formula is C24H29N3O3. The van der Waals surface area contributed by atoms with Gasteiger partial charge in [-0.2, -0.15) is 0 Å². The smallest absolute Gasteiger partial charge is 0.254 e. The molecule has 1 aromatic carbocycles. The van der Waals surface area contributed by atoms with Gasteiger partial charge in [0.05, 0.1) is 19.3 Å². The van der Waals surface area contributed by atoms with Gasteiger partial charge in [0.1, 0.15) is 0 Å². The van der Waals surface area contributed by atoms with E-state index in [0.29, 0.717) is 39.1 Å². The van der Waals surface area contributed by atoms with Crippen LogP contribution >= 0.6 is 0 Å². The van der Waals surface area contributed by atoms with Gasteiger partial charge < -0.3 is 15.0 Å². The standard InChI is InChI=1S/C24H29N3O3/c1-17-4-2-3-5-21(17)24(29)27-12-8-19(9-13-27)23(28)26-22-16-30-15-20(22)14-18-6-10-25-11-7-18/h2-7,10-11,19-20,22H,8-9,12-16H2,1H3,(H,26,28)/t20-,22-/m1/s1. The number of carbonyl (C=O) groups is 2. The van der Waals surface area contributed by atoms with Gasteiger partial charge in [0.2, 0.25) is 5.91 Å². The van der Waals surface area contributed by atoms with Crippen LogP contribution in [0.1, 0.15) is 34.3 Å². The fraction of sp³-hybridized carbons (Fsp3) is 0.458. The van der Waals surface area contributed by atoms with Gasteiger partial charge in [0.15, 0.2) is 0 Å². The van der Waals surface area contributed by atoms with Crippen molar-refractivity contribution in [2.75, 3.05) is 26.3 Å². The van der Waals surface area contributed by atoms with Crippen LogP contribution in [0.4, 0.5) is 0 Å². The third-order valence-corrected chi connectivity index (χ3v) is 6.30. The zero-order valence-electron chi connectivity index (χ0n) is 17.4. The number of nitrogens with zero attached hydrogens (tertiary/aromatic N) is 2. The summed E-state index contributed by atoms with van der Waals surface area (Å²) in [6.45, 7) is 4.42. The summed E-state index contributed by atoms with van der Waals surface area (Å²) in [6.07, 6.45) is 5.87. The summed E-state index contributed by atoms with van der Waals surface area (Å²) in [4.78, 5) is 31.6. The third-order valence-electron chi connectivity index (χ3n) is 6.30. The Kier molecular flexibility index (Phi) is 6.43. The average molecular weight is 408 g/mol. The molecule has 0 radical (unpaired) electrons. The first-order valence-electron chi connectivity index (χ1n) is 10.7. The van der Waals surface area contributed by atoms with Crippen molar-refractivity contribution in [3.8, 4) is 0 Å². The molecular weight excluding hydrogens is 378 g/mol. The van der Waals surface area contributed by atoms with Crippen molar-refractivity contribution in [1.29, 1.82) is 0 Å². The van der Waals surface area contributed by atoms with Gasteiger partial charge in [-0.3, -0.25) is 14.6 Å². The van der Waals surface area contributed by atoms with Gasteiger partial charge >= 0.3 is 0 Å². The molecule has 2 aliphatic heterocycles. The van der Waals surface area contributed by atoms with E-state index >= 15 is 0 Å². The first-order valence-corrected chi connectivity index (χ1v) is 10.7. The maximum absolute atomic E-state index is 12.9. The molecule has 3 heterocycles. The third kappa shape index (κ3) is 4.70. The topological polar surface area (TPSA) is 71.5 Å². The molecule has 0 unspecified atom stereocenters. The van der Waals surface area contributed by atoms with Crippen LogP contribution in [-0.4, -0.2) is 54.0 Å². The lowest BCUT2D eigenvalue weighted by molar-refractivity contribution is -0.127. The Bertz CT molecular complexity index is 878. The Morgan fingerprint density at radius 2 is 1.83 bits per heavy atom. The molecule has 2 saturated heterocycles. The lowest BCUT2D eigenvalue weighted by Crippen LogP contribution is -2.47. The molecule has 1 aromatic heterocycles. The molecule has 6 nitrogen and oxygen atoms in total. The van der Waals surface area contributed by atoms with Gasteiger partial charge in [-0.1, -0.05) is 18.2 Å². The number of carbonyl (C=O) groups excluding carboxylic acids is 2. The second-order valence-corrected chi connectivity index (χ2v) is 8.35. The molecule has 4 rings (SSSR count). The fourth-order valence-corrected chi connectivity index (χ4v) is 4.41. The molecule has 0 saturated carbocycles. The minimum absolute atomic E-state index is 0.0392. The van der Waals surface area contributed by atoms with Crippen molar-refractivity contribution in [2.45, 2.75) is 32.2 Å². The van der Waals surface area contributed by atoms with E-state index < -0.39 is 0 Å². The lowest BCUT2D eigenvalue weighted by Gasteiger charge is -2.32. The molecule has 2 aromatic rings. The maximum atomic E-state index is 12.9. The van der Waals surface area contributed by atoms with Crippen LogP contribution in [0, 0.1) is 18.8 Å². The molecule has 2 aliphatic rings. The van der Waals surface area contributed by atoms with Crippen LogP contribution in [0.5, 0.6) is 0 Å². The summed E-state index contributed by atoms with van der Waals surface area (Å²) in [5.41, 5.74) is 2.95. The summed E-state index contributed by atoms with van der Waals surface area (Å²) < 4.78 is 5.66. The van der Waals surface area contributed by atoms with E-state index in [2.05, 4.69) is 10.3 Å². The predicted octanol–water partition coefficient (Wildman–Crippen LogP) is 2.62. The van der Waals surface area contributed by atoms with Crippen LogP contribution in [0.3, 0.4) is 0 Å². The molecule has 1 N–H and O–H groups in total. The van der Waals surface area contributed by atoms with Gasteiger partial charge in [-0.25, -0.2) is 0 Å². The van der Waals surface area contributed by atoms with Gasteiger partial charge in [-0.15, -0.1) is 0 Å². The van der Waals surface area contributed by atoms with E-state index in [0.717, 1.165) is 17.5 Å². The Balaban J connectivity index is 1.29. The number of aromatic nitrogens is 1. The minimum atomic E-state index is -0.0481. The Morgan fingerprint density at radius 1 is 1.10 bits per heavy atom. The largest absolute Gasteiger partial charge is 0.379 e. The molecule has 2 atom stereocenters. The maximum Gasteiger partial charge on any atom is 0.254 e. The predicted molar refractivity (Wildman–Crippen MR) is 114 cm³/mol. The van der Waals surface area contributed by atoms with Crippen molar-refractivity contribution in [3.63, 3.8) is 0 Å². The van der Waals surface area contributed by atoms with Crippen LogP contribution in [0.25, 0.3) is 0 Å². The number of aryl methyl sites for hydroxylation is 1. The van der Waals surface area contributed by atoms with Crippen molar-refractivity contribution in [1.82, 2.24) is 15.2 Å². The Hall–Kier alpha value is -2.73. The first kappa shape index (κ1) is 20.5. The number of pyridine rings is 1. The van der Waals surface area contributed by atoms with E-state index in [4.69, 9.17) is 4.74 Å². The van der Waals surface area contributed by atoms with E-state index in [1.165, 1.54) is 5.56 Å². The molecule has 6 heteroatoms. The minimum Gasteiger partial charge on any atom is -0.379 e. The van der Waals surface area contributed by atoms with Crippen LogP contribution in [-0.2, 0) is 16.0 Å². The highest BCUT2D eigenvalue weighted by molar-refractivity contribution is 5.95. The van der Waals surface area contributed by atoms with Gasteiger partial charge in [-0.05, 0) is 55.5 Å². The number of amides is 2. The lowest BCUT2D eigenvalue weighted by atomic mass is 9.92. The molecule has 0 aliphatic carbocycles. The summed E-state index contributed by atoms with van der Waals surface area (Å²) in [6, 6.07) is 11.7. The highest BCUT2D eigenvalue weighted by atomic mass is 16.5. The summed E-state index contributed by atoms with van der Waals surface area (Å²) in [7, 11) is 0. The SMILES string of the molecule is Cc1ccccc1C(=O)N1CCC(C(=O)N[C@@H]2COC[C@H]2Cc2ccncc2)CC1. The van der Waals surface area contributed by atoms with Crippen molar-refractivity contribution >= 4 is 11.8 Å². The Labute approximate surface area is 177 Å². The monoisotopic (exact) mass is 407 g/mol. The molecule has 0 bridgehead atoms. The van der Waals surface area contributed by atoms with E-state index in [-0.39, 0.29) is 29.7 Å². The molecule has 158 valence electrons. The highest BCUT2D eigenvalue weighted by Gasteiger charge is 2.33. The van der Waals surface area contributed by atoms with E-state index in [1.807, 2.05) is 48.2 Å². The van der Waals surface area contributed by atoms with Gasteiger partial charge in [0, 0.05) is 42.9 Å². The van der Waals surface area contributed by atoms with Crippen molar-refractivity contribution in [3.05, 3.63) is 65.5 Å². The number of rotatable bonds is 5. The number of nitrogens with one attached hydrogen (secondary N) is 1. The van der Waals surface area contributed by atoms with Crippen LogP contribution in [0.2, 0.25) is 0 Å². The summed E-state index contributed by atoms with van der Waals surface area (Å²) >= 11 is 0. The number of ether oxygens (including phenoxy) is 1. The number of likely N-dealkylation sites (tertiary alicyclic amines) is 1. The van der Waals surface area contributed by atoms with Crippen LogP contribution in [0.15, 0.2) is 48.8 Å². The normalized spacial score (nSPS) is 22.1. The second kappa shape index (κ2) is 9.39. The molecule has 0 spiro atoms. The molecule has 30 heavy (non-hydrogen) atoms. The summed E-state index contributed by atoms with van der Waals surface area (Å²) in [5, 5.41) is 3.22. The Morgan fingerprint density at radius 3 is 2.57 bits per heavy atom. The first-order chi connectivity index (χ1) is 14.6. The number of hydrogen-bond donors (Lipinski definition) is 1. The molecule has 2 amide bonds. The fourth-order valence-electron chi connectivity index (χ4n) is 4.41. The highest BCUT2D eigenvalue weighted by Crippen LogP contribution is 2.23. The van der Waals surface area contributed by atoms with Crippen LogP contribution < -0.4 is 5.32 Å². The van der Waals surface area contributed by atoms with Gasteiger partial charge in [0.25, 0.3) is 5.91 Å².